The molecule has 0 saturated carbocycles. The number of carboxylic acids is 2. The molecule has 0 heterocycles. The summed E-state index contributed by atoms with van der Waals surface area (Å²) >= 11 is 0. The molecule has 20 heavy (non-hydrogen) atoms. The van der Waals surface area contributed by atoms with E-state index < -0.39 is 23.8 Å². The van der Waals surface area contributed by atoms with Crippen molar-refractivity contribution < 1.29 is 19.8 Å². The van der Waals surface area contributed by atoms with Crippen LogP contribution in [0.2, 0.25) is 0 Å². The highest BCUT2D eigenvalue weighted by Gasteiger charge is 2.26. The molecule has 1 aromatic carbocycles. The van der Waals surface area contributed by atoms with Gasteiger partial charge in [-0.1, -0.05) is 52.0 Å². The fraction of sp³-hybridized carbons (Fsp3) is 0.500. The summed E-state index contributed by atoms with van der Waals surface area (Å²) in [5.41, 5.74) is 1.42. The lowest BCUT2D eigenvalue weighted by atomic mass is 9.84. The maximum absolute atomic E-state index is 11.3. The van der Waals surface area contributed by atoms with Crippen LogP contribution in [0, 0.1) is 11.8 Å². The molecule has 0 spiro atoms. The SMILES string of the molecule is CC(C)C(C(=O)O)c1ccc(C(C(=O)O)C(C)C)cc1. The topological polar surface area (TPSA) is 74.6 Å². The Balaban J connectivity index is 3.09. The van der Waals surface area contributed by atoms with Crippen LogP contribution in [0.3, 0.4) is 0 Å². The van der Waals surface area contributed by atoms with Gasteiger partial charge in [0.05, 0.1) is 11.8 Å². The molecule has 0 aliphatic carbocycles. The minimum atomic E-state index is -0.855. The van der Waals surface area contributed by atoms with Crippen molar-refractivity contribution in [2.45, 2.75) is 39.5 Å². The van der Waals surface area contributed by atoms with Crippen molar-refractivity contribution in [1.82, 2.24) is 0 Å². The lowest BCUT2D eigenvalue weighted by molar-refractivity contribution is -0.141. The number of aliphatic carboxylic acids is 2. The number of carbonyl (C=O) groups is 2. The van der Waals surface area contributed by atoms with Gasteiger partial charge in [-0.25, -0.2) is 0 Å². The molecule has 2 unspecified atom stereocenters. The van der Waals surface area contributed by atoms with E-state index in [1.165, 1.54) is 0 Å². The summed E-state index contributed by atoms with van der Waals surface area (Å²) in [7, 11) is 0. The second-order valence-electron chi connectivity index (χ2n) is 5.79. The molecular formula is C16H22O4. The molecule has 0 saturated heterocycles. The molecule has 1 rings (SSSR count). The standard InChI is InChI=1S/C16H22O4/c1-9(2)13(15(17)18)11-5-7-12(8-6-11)14(10(3)4)16(19)20/h5-10,13-14H,1-4H3,(H,17,18)(H,19,20). The second kappa shape index (κ2) is 6.55. The summed E-state index contributed by atoms with van der Waals surface area (Å²) in [6, 6.07) is 6.91. The third-order valence-corrected chi connectivity index (χ3v) is 3.52. The van der Waals surface area contributed by atoms with Gasteiger partial charge < -0.3 is 10.2 Å². The molecule has 4 heteroatoms. The quantitative estimate of drug-likeness (QED) is 0.837. The van der Waals surface area contributed by atoms with E-state index in [1.807, 2.05) is 27.7 Å². The smallest absolute Gasteiger partial charge is 0.311 e. The summed E-state index contributed by atoms with van der Waals surface area (Å²) in [6.45, 7) is 7.45. The summed E-state index contributed by atoms with van der Waals surface area (Å²) in [6.07, 6.45) is 0. The van der Waals surface area contributed by atoms with Crippen molar-refractivity contribution in [3.8, 4) is 0 Å². The Morgan fingerprint density at radius 1 is 0.750 bits per heavy atom. The Bertz CT molecular complexity index is 429. The molecule has 0 bridgehead atoms. The zero-order valence-corrected chi connectivity index (χ0v) is 12.3. The first-order valence-corrected chi connectivity index (χ1v) is 6.81. The van der Waals surface area contributed by atoms with Crippen LogP contribution in [-0.4, -0.2) is 22.2 Å². The predicted molar refractivity (Wildman–Crippen MR) is 76.9 cm³/mol. The van der Waals surface area contributed by atoms with Gasteiger partial charge in [0.1, 0.15) is 0 Å². The lowest BCUT2D eigenvalue weighted by Crippen LogP contribution is -2.19. The van der Waals surface area contributed by atoms with Crippen molar-refractivity contribution in [1.29, 1.82) is 0 Å². The maximum Gasteiger partial charge on any atom is 0.311 e. The fourth-order valence-corrected chi connectivity index (χ4v) is 2.54. The molecule has 110 valence electrons. The van der Waals surface area contributed by atoms with Gasteiger partial charge in [0.2, 0.25) is 0 Å². The Morgan fingerprint density at radius 2 is 1.00 bits per heavy atom. The van der Waals surface area contributed by atoms with E-state index in [1.54, 1.807) is 24.3 Å². The summed E-state index contributed by atoms with van der Waals surface area (Å²) < 4.78 is 0. The largest absolute Gasteiger partial charge is 0.481 e. The van der Waals surface area contributed by atoms with Crippen molar-refractivity contribution in [2.75, 3.05) is 0 Å². The molecule has 0 aliphatic heterocycles. The highest BCUT2D eigenvalue weighted by Crippen LogP contribution is 2.29. The van der Waals surface area contributed by atoms with Crippen LogP contribution in [0.1, 0.15) is 50.7 Å². The Hall–Kier alpha value is -1.84. The average molecular weight is 278 g/mol. The van der Waals surface area contributed by atoms with Gasteiger partial charge in [-0.2, -0.15) is 0 Å². The molecule has 0 fully saturated rings. The first-order valence-electron chi connectivity index (χ1n) is 6.81. The van der Waals surface area contributed by atoms with E-state index in [0.717, 1.165) is 0 Å². The van der Waals surface area contributed by atoms with Gasteiger partial charge in [-0.05, 0) is 23.0 Å². The first-order chi connectivity index (χ1) is 9.25. The molecule has 0 aromatic heterocycles. The third kappa shape index (κ3) is 3.59. The minimum Gasteiger partial charge on any atom is -0.481 e. The van der Waals surface area contributed by atoms with Crippen LogP contribution in [0.5, 0.6) is 0 Å². The molecule has 0 amide bonds. The van der Waals surface area contributed by atoms with Crippen LogP contribution in [0.25, 0.3) is 0 Å². The van der Waals surface area contributed by atoms with E-state index in [9.17, 15) is 19.8 Å². The Morgan fingerprint density at radius 3 is 1.15 bits per heavy atom. The van der Waals surface area contributed by atoms with E-state index in [2.05, 4.69) is 0 Å². The third-order valence-electron chi connectivity index (χ3n) is 3.52. The number of benzene rings is 1. The predicted octanol–water partition coefficient (Wildman–Crippen LogP) is 3.34. The molecule has 0 radical (unpaired) electrons. The monoisotopic (exact) mass is 278 g/mol. The minimum absolute atomic E-state index is 0.0151. The zero-order chi connectivity index (χ0) is 15.4. The van der Waals surface area contributed by atoms with E-state index in [-0.39, 0.29) is 11.8 Å². The van der Waals surface area contributed by atoms with Gasteiger partial charge in [0, 0.05) is 0 Å². The number of hydrogen-bond acceptors (Lipinski definition) is 2. The van der Waals surface area contributed by atoms with Crippen molar-refractivity contribution >= 4 is 11.9 Å². The molecule has 2 atom stereocenters. The van der Waals surface area contributed by atoms with Crippen molar-refractivity contribution in [3.05, 3.63) is 35.4 Å². The highest BCUT2D eigenvalue weighted by molar-refractivity contribution is 5.78. The summed E-state index contributed by atoms with van der Waals surface area (Å²) in [4.78, 5) is 22.6. The van der Waals surface area contributed by atoms with Crippen LogP contribution in [-0.2, 0) is 9.59 Å². The molecule has 0 aliphatic rings. The molecule has 4 nitrogen and oxygen atoms in total. The van der Waals surface area contributed by atoms with E-state index >= 15 is 0 Å². The normalized spacial score (nSPS) is 14.3. The molecular weight excluding hydrogens is 256 g/mol. The Labute approximate surface area is 119 Å². The van der Waals surface area contributed by atoms with Gasteiger partial charge in [-0.3, -0.25) is 9.59 Å². The van der Waals surface area contributed by atoms with Crippen molar-refractivity contribution in [2.24, 2.45) is 11.8 Å². The van der Waals surface area contributed by atoms with Crippen LogP contribution < -0.4 is 0 Å². The van der Waals surface area contributed by atoms with Gasteiger partial charge >= 0.3 is 11.9 Å². The summed E-state index contributed by atoms with van der Waals surface area (Å²) in [5.74, 6) is -2.87. The van der Waals surface area contributed by atoms with Gasteiger partial charge in [0.25, 0.3) is 0 Å². The summed E-state index contributed by atoms with van der Waals surface area (Å²) in [5, 5.41) is 18.5. The molecule has 1 aromatic rings. The number of carboxylic acid groups (broad SMARTS) is 2. The fourth-order valence-electron chi connectivity index (χ4n) is 2.54. The van der Waals surface area contributed by atoms with Crippen LogP contribution in [0.4, 0.5) is 0 Å². The van der Waals surface area contributed by atoms with Gasteiger partial charge in [-0.15, -0.1) is 0 Å². The average Bonchev–Trinajstić information content (AvgIpc) is 2.29. The van der Waals surface area contributed by atoms with E-state index in [4.69, 9.17) is 0 Å². The second-order valence-corrected chi connectivity index (χ2v) is 5.79. The molecule has 2 N–H and O–H groups in total. The van der Waals surface area contributed by atoms with Crippen molar-refractivity contribution in [3.63, 3.8) is 0 Å². The van der Waals surface area contributed by atoms with Crippen LogP contribution in [0.15, 0.2) is 24.3 Å². The van der Waals surface area contributed by atoms with Crippen LogP contribution >= 0.6 is 0 Å². The Kier molecular flexibility index (Phi) is 5.31. The van der Waals surface area contributed by atoms with Gasteiger partial charge in [0.15, 0.2) is 0 Å². The maximum atomic E-state index is 11.3. The number of hydrogen-bond donors (Lipinski definition) is 2. The number of rotatable bonds is 6. The van der Waals surface area contributed by atoms with E-state index in [0.29, 0.717) is 11.1 Å². The lowest BCUT2D eigenvalue weighted by Gasteiger charge is -2.19. The first kappa shape index (κ1) is 16.2. The highest BCUT2D eigenvalue weighted by atomic mass is 16.4. The zero-order valence-electron chi connectivity index (χ0n) is 12.3.